The van der Waals surface area contributed by atoms with Crippen molar-refractivity contribution in [2.75, 3.05) is 6.61 Å². The van der Waals surface area contributed by atoms with Gasteiger partial charge in [0, 0.05) is 13.0 Å². The minimum Gasteiger partial charge on any atom is -0.487 e. The molecule has 1 unspecified atom stereocenters. The molecular formula is C23H24ClNO5. The number of aliphatic carboxylic acids is 1. The predicted octanol–water partition coefficient (Wildman–Crippen LogP) is 5.22. The van der Waals surface area contributed by atoms with E-state index in [1.165, 1.54) is 0 Å². The Hall–Kier alpha value is -2.83. The molecule has 2 aromatic carbocycles. The first-order valence-electron chi connectivity index (χ1n) is 9.67. The zero-order chi connectivity index (χ0) is 21.7. The van der Waals surface area contributed by atoms with E-state index >= 15 is 0 Å². The summed E-state index contributed by atoms with van der Waals surface area (Å²) in [6, 6.07) is 12.9. The number of nitrogens with zero attached hydrogens (tertiary/aromatic N) is 1. The van der Waals surface area contributed by atoms with Gasteiger partial charge >= 0.3 is 5.97 Å². The first-order chi connectivity index (χ1) is 14.4. The van der Waals surface area contributed by atoms with E-state index in [0.29, 0.717) is 41.1 Å². The van der Waals surface area contributed by atoms with Crippen LogP contribution in [0.3, 0.4) is 0 Å². The highest BCUT2D eigenvalue weighted by Gasteiger charge is 2.19. The Morgan fingerprint density at radius 1 is 1.23 bits per heavy atom. The molecule has 0 aliphatic carbocycles. The molecule has 30 heavy (non-hydrogen) atoms. The predicted molar refractivity (Wildman–Crippen MR) is 114 cm³/mol. The molecule has 7 heteroatoms. The van der Waals surface area contributed by atoms with Gasteiger partial charge in [0.2, 0.25) is 5.89 Å². The van der Waals surface area contributed by atoms with Crippen molar-refractivity contribution in [1.82, 2.24) is 4.98 Å². The van der Waals surface area contributed by atoms with Crippen LogP contribution in [0.4, 0.5) is 0 Å². The van der Waals surface area contributed by atoms with Crippen molar-refractivity contribution in [2.24, 2.45) is 0 Å². The zero-order valence-electron chi connectivity index (χ0n) is 17.1. The number of rotatable bonds is 9. The summed E-state index contributed by atoms with van der Waals surface area (Å²) in [7, 11) is 0. The Morgan fingerprint density at radius 3 is 2.67 bits per heavy atom. The smallest absolute Gasteiger partial charge is 0.333 e. The van der Waals surface area contributed by atoms with E-state index in [-0.39, 0.29) is 6.61 Å². The van der Waals surface area contributed by atoms with Gasteiger partial charge in [-0.3, -0.25) is 0 Å². The SMILES string of the molecule is CCOC(Cc1ccc(OCc2nc(-c3ccccc3Cl)oc2C)cc1C)C(=O)O. The highest BCUT2D eigenvalue weighted by Crippen LogP contribution is 2.29. The van der Waals surface area contributed by atoms with Crippen molar-refractivity contribution >= 4 is 17.6 Å². The highest BCUT2D eigenvalue weighted by atomic mass is 35.5. The maximum atomic E-state index is 11.3. The van der Waals surface area contributed by atoms with Crippen LogP contribution in [0.2, 0.25) is 5.02 Å². The number of ether oxygens (including phenoxy) is 2. The molecule has 0 radical (unpaired) electrons. The lowest BCUT2D eigenvalue weighted by molar-refractivity contribution is -0.149. The molecule has 0 spiro atoms. The van der Waals surface area contributed by atoms with Gasteiger partial charge in [-0.25, -0.2) is 9.78 Å². The molecule has 1 aromatic heterocycles. The number of carboxylic acid groups (broad SMARTS) is 1. The molecule has 0 amide bonds. The molecule has 1 atom stereocenters. The minimum absolute atomic E-state index is 0.245. The Balaban J connectivity index is 1.69. The quantitative estimate of drug-likeness (QED) is 0.502. The molecule has 0 saturated carbocycles. The molecule has 3 aromatic rings. The third-order valence-corrected chi connectivity index (χ3v) is 5.06. The summed E-state index contributed by atoms with van der Waals surface area (Å²) in [4.78, 5) is 15.8. The van der Waals surface area contributed by atoms with Crippen LogP contribution in [0.1, 0.15) is 29.5 Å². The number of aromatic nitrogens is 1. The van der Waals surface area contributed by atoms with Crippen molar-refractivity contribution in [3.63, 3.8) is 0 Å². The number of halogens is 1. The number of hydrogen-bond donors (Lipinski definition) is 1. The first kappa shape index (κ1) is 21.9. The first-order valence-corrected chi connectivity index (χ1v) is 10.0. The number of carbonyl (C=O) groups is 1. The van der Waals surface area contributed by atoms with Gasteiger partial charge in [-0.2, -0.15) is 0 Å². The van der Waals surface area contributed by atoms with E-state index in [1.54, 1.807) is 13.0 Å². The van der Waals surface area contributed by atoms with Gasteiger partial charge < -0.3 is 19.0 Å². The largest absolute Gasteiger partial charge is 0.487 e. The number of hydrogen-bond acceptors (Lipinski definition) is 5. The summed E-state index contributed by atoms with van der Waals surface area (Å²) >= 11 is 6.22. The monoisotopic (exact) mass is 429 g/mol. The van der Waals surface area contributed by atoms with Gasteiger partial charge in [-0.1, -0.05) is 29.8 Å². The number of aryl methyl sites for hydroxylation is 2. The normalized spacial score (nSPS) is 12.0. The van der Waals surface area contributed by atoms with Gasteiger partial charge in [0.15, 0.2) is 6.10 Å². The molecule has 1 heterocycles. The highest BCUT2D eigenvalue weighted by molar-refractivity contribution is 6.33. The topological polar surface area (TPSA) is 81.8 Å². The van der Waals surface area contributed by atoms with E-state index < -0.39 is 12.1 Å². The van der Waals surface area contributed by atoms with Gasteiger partial charge in [0.1, 0.15) is 23.8 Å². The second kappa shape index (κ2) is 9.78. The molecule has 0 saturated heterocycles. The number of benzene rings is 2. The maximum absolute atomic E-state index is 11.3. The van der Waals surface area contributed by atoms with Crippen LogP contribution in [-0.4, -0.2) is 28.8 Å². The molecule has 0 aliphatic heterocycles. The van der Waals surface area contributed by atoms with Crippen molar-refractivity contribution in [3.8, 4) is 17.2 Å². The van der Waals surface area contributed by atoms with Gasteiger partial charge in [0.05, 0.1) is 10.6 Å². The molecule has 1 N–H and O–H groups in total. The Kier molecular flexibility index (Phi) is 7.13. The third kappa shape index (κ3) is 5.20. The standard InChI is InChI=1S/C23H24ClNO5/c1-4-28-21(23(26)27)12-16-9-10-17(11-14(16)2)29-13-20-15(3)30-22(25-20)18-7-5-6-8-19(18)24/h5-11,21H,4,12-13H2,1-3H3,(H,26,27). The van der Waals surface area contributed by atoms with E-state index in [4.69, 9.17) is 25.5 Å². The Bertz CT molecular complexity index is 1030. The fourth-order valence-corrected chi connectivity index (χ4v) is 3.29. The molecule has 0 bridgehead atoms. The summed E-state index contributed by atoms with van der Waals surface area (Å²) in [5, 5.41) is 9.85. The van der Waals surface area contributed by atoms with Gasteiger partial charge in [-0.15, -0.1) is 0 Å². The number of carboxylic acids is 1. The van der Waals surface area contributed by atoms with E-state index in [0.717, 1.165) is 16.7 Å². The van der Waals surface area contributed by atoms with Crippen LogP contribution in [0, 0.1) is 13.8 Å². The molecular weight excluding hydrogens is 406 g/mol. The van der Waals surface area contributed by atoms with Crippen LogP contribution in [0.25, 0.3) is 11.5 Å². The van der Waals surface area contributed by atoms with Crippen molar-refractivity contribution in [3.05, 3.63) is 70.1 Å². The minimum atomic E-state index is -0.965. The van der Waals surface area contributed by atoms with Crippen LogP contribution < -0.4 is 4.74 Å². The fourth-order valence-electron chi connectivity index (χ4n) is 3.07. The molecule has 0 fully saturated rings. The van der Waals surface area contributed by atoms with Crippen LogP contribution >= 0.6 is 11.6 Å². The third-order valence-electron chi connectivity index (χ3n) is 4.74. The summed E-state index contributed by atoms with van der Waals surface area (Å²) in [6.07, 6.45) is -0.555. The average molecular weight is 430 g/mol. The van der Waals surface area contributed by atoms with Crippen LogP contribution in [-0.2, 0) is 22.6 Å². The zero-order valence-corrected chi connectivity index (χ0v) is 17.9. The lowest BCUT2D eigenvalue weighted by Crippen LogP contribution is -2.26. The molecule has 0 aliphatic rings. The number of oxazole rings is 1. The van der Waals surface area contributed by atoms with E-state index in [1.807, 2.05) is 50.2 Å². The Morgan fingerprint density at radius 2 is 2.00 bits per heavy atom. The van der Waals surface area contributed by atoms with Crippen molar-refractivity contribution in [2.45, 2.75) is 39.9 Å². The summed E-state index contributed by atoms with van der Waals surface area (Å²) in [5.41, 5.74) is 3.26. The van der Waals surface area contributed by atoms with Gasteiger partial charge in [0.25, 0.3) is 0 Å². The van der Waals surface area contributed by atoms with Crippen LogP contribution in [0.15, 0.2) is 46.9 Å². The van der Waals surface area contributed by atoms with Crippen LogP contribution in [0.5, 0.6) is 5.75 Å². The fraction of sp³-hybridized carbons (Fsp3) is 0.304. The summed E-state index contributed by atoms with van der Waals surface area (Å²) in [6.45, 7) is 6.13. The summed E-state index contributed by atoms with van der Waals surface area (Å²) < 4.78 is 16.9. The second-order valence-corrected chi connectivity index (χ2v) is 7.27. The van der Waals surface area contributed by atoms with Crippen molar-refractivity contribution < 1.29 is 23.8 Å². The van der Waals surface area contributed by atoms with Crippen molar-refractivity contribution in [1.29, 1.82) is 0 Å². The lowest BCUT2D eigenvalue weighted by atomic mass is 10.0. The van der Waals surface area contributed by atoms with E-state index in [9.17, 15) is 9.90 Å². The summed E-state index contributed by atoms with van der Waals surface area (Å²) in [5.74, 6) is 0.826. The van der Waals surface area contributed by atoms with E-state index in [2.05, 4.69) is 4.98 Å². The second-order valence-electron chi connectivity index (χ2n) is 6.87. The maximum Gasteiger partial charge on any atom is 0.333 e. The lowest BCUT2D eigenvalue weighted by Gasteiger charge is -2.15. The average Bonchev–Trinajstić information content (AvgIpc) is 3.08. The molecule has 6 nitrogen and oxygen atoms in total. The van der Waals surface area contributed by atoms with Gasteiger partial charge in [-0.05, 0) is 56.2 Å². The Labute approximate surface area is 180 Å². The molecule has 158 valence electrons. The molecule has 3 rings (SSSR count).